The molecule has 1 unspecified atom stereocenters. The number of allylic oxidation sites excluding steroid dienone is 1. The fourth-order valence-electron chi connectivity index (χ4n) is 2.27. The zero-order valence-electron chi connectivity index (χ0n) is 10.3. The predicted molar refractivity (Wildman–Crippen MR) is 63.9 cm³/mol. The lowest BCUT2D eigenvalue weighted by Crippen LogP contribution is -2.50. The van der Waals surface area contributed by atoms with Crippen molar-refractivity contribution in [1.29, 1.82) is 0 Å². The first-order valence-electron chi connectivity index (χ1n) is 5.93. The third-order valence-electron chi connectivity index (χ3n) is 3.56. The van der Waals surface area contributed by atoms with E-state index < -0.39 is 0 Å². The number of carbonyl (C=O) groups excluding carboxylic acids is 1. The summed E-state index contributed by atoms with van der Waals surface area (Å²) in [6.45, 7) is 12.1. The number of ketones is 1. The minimum atomic E-state index is -0.255. The predicted octanol–water partition coefficient (Wildman–Crippen LogP) is 2.79. The minimum absolute atomic E-state index is 0.255. The van der Waals surface area contributed by atoms with E-state index in [1.165, 1.54) is 12.8 Å². The van der Waals surface area contributed by atoms with Crippen LogP contribution in [0.2, 0.25) is 0 Å². The van der Waals surface area contributed by atoms with Gasteiger partial charge < -0.3 is 0 Å². The van der Waals surface area contributed by atoms with Crippen molar-refractivity contribution >= 4 is 5.78 Å². The zero-order chi connectivity index (χ0) is 11.5. The maximum atomic E-state index is 12.2. The van der Waals surface area contributed by atoms with Crippen molar-refractivity contribution in [3.05, 3.63) is 12.2 Å². The van der Waals surface area contributed by atoms with Gasteiger partial charge in [0.1, 0.15) is 0 Å². The number of likely N-dealkylation sites (tertiary alicyclic amines) is 1. The zero-order valence-corrected chi connectivity index (χ0v) is 10.3. The second-order valence-corrected chi connectivity index (χ2v) is 4.88. The summed E-state index contributed by atoms with van der Waals surface area (Å²) in [5.74, 6) is 0.333. The first-order valence-corrected chi connectivity index (χ1v) is 5.93. The van der Waals surface area contributed by atoms with Gasteiger partial charge in [0.2, 0.25) is 0 Å². The molecule has 0 aromatic rings. The Morgan fingerprint density at radius 2 is 1.93 bits per heavy atom. The third kappa shape index (κ3) is 2.69. The van der Waals surface area contributed by atoms with Gasteiger partial charge in [-0.25, -0.2) is 0 Å². The summed E-state index contributed by atoms with van der Waals surface area (Å²) in [5.41, 5.74) is 0.717. The van der Waals surface area contributed by atoms with Crippen LogP contribution in [-0.4, -0.2) is 29.3 Å². The first kappa shape index (κ1) is 12.4. The summed E-state index contributed by atoms with van der Waals surface area (Å²) in [6, 6.07) is 0. The Morgan fingerprint density at radius 1 is 1.40 bits per heavy atom. The molecular formula is C13H23NO. The van der Waals surface area contributed by atoms with Gasteiger partial charge in [-0.1, -0.05) is 19.1 Å². The van der Waals surface area contributed by atoms with Gasteiger partial charge in [0.05, 0.1) is 5.54 Å². The normalized spacial score (nSPS) is 21.3. The van der Waals surface area contributed by atoms with E-state index in [2.05, 4.69) is 25.3 Å². The quantitative estimate of drug-likeness (QED) is 0.649. The maximum Gasteiger partial charge on any atom is 0.156 e. The highest BCUT2D eigenvalue weighted by Crippen LogP contribution is 2.27. The van der Waals surface area contributed by atoms with E-state index in [0.717, 1.165) is 25.1 Å². The molecule has 0 radical (unpaired) electrons. The van der Waals surface area contributed by atoms with Crippen molar-refractivity contribution in [3.8, 4) is 0 Å². The Balaban J connectivity index is 2.73. The summed E-state index contributed by atoms with van der Waals surface area (Å²) in [6.07, 6.45) is 3.89. The lowest BCUT2D eigenvalue weighted by atomic mass is 9.88. The summed E-state index contributed by atoms with van der Waals surface area (Å²) in [5, 5.41) is 0. The van der Waals surface area contributed by atoms with Crippen molar-refractivity contribution < 1.29 is 4.79 Å². The smallest absolute Gasteiger partial charge is 0.156 e. The van der Waals surface area contributed by atoms with Crippen LogP contribution >= 0.6 is 0 Å². The summed E-state index contributed by atoms with van der Waals surface area (Å²) in [4.78, 5) is 14.5. The SMILES string of the molecule is C=C(C)CC(=O)C(C)(CC)N1CCCC1. The molecule has 0 aromatic heterocycles. The van der Waals surface area contributed by atoms with Crippen LogP contribution < -0.4 is 0 Å². The number of Topliss-reactive ketones (excluding diaryl/α,β-unsaturated/α-hetero) is 1. The molecule has 0 saturated carbocycles. The van der Waals surface area contributed by atoms with E-state index in [9.17, 15) is 4.79 Å². The van der Waals surface area contributed by atoms with Crippen LogP contribution in [0.15, 0.2) is 12.2 Å². The molecule has 1 aliphatic rings. The minimum Gasteiger partial charge on any atom is -0.297 e. The molecule has 2 nitrogen and oxygen atoms in total. The summed E-state index contributed by atoms with van der Waals surface area (Å²) in [7, 11) is 0. The number of hydrogen-bond acceptors (Lipinski definition) is 2. The molecule has 2 heteroatoms. The van der Waals surface area contributed by atoms with Gasteiger partial charge in [-0.3, -0.25) is 9.69 Å². The molecule has 1 rings (SSSR count). The van der Waals surface area contributed by atoms with Crippen LogP contribution in [-0.2, 0) is 4.79 Å². The largest absolute Gasteiger partial charge is 0.297 e. The standard InChI is InChI=1S/C13H23NO/c1-5-13(4,12(15)10-11(2)3)14-8-6-7-9-14/h2,5-10H2,1,3-4H3. The van der Waals surface area contributed by atoms with Gasteiger partial charge in [0.15, 0.2) is 5.78 Å². The maximum absolute atomic E-state index is 12.2. The van der Waals surface area contributed by atoms with Gasteiger partial charge in [0, 0.05) is 6.42 Å². The summed E-state index contributed by atoms with van der Waals surface area (Å²) >= 11 is 0. The number of rotatable bonds is 5. The summed E-state index contributed by atoms with van der Waals surface area (Å²) < 4.78 is 0. The van der Waals surface area contributed by atoms with E-state index in [4.69, 9.17) is 0 Å². The number of carbonyl (C=O) groups is 1. The van der Waals surface area contributed by atoms with Crippen LogP contribution in [0.5, 0.6) is 0 Å². The van der Waals surface area contributed by atoms with E-state index in [1.54, 1.807) is 0 Å². The Kier molecular flexibility index (Phi) is 4.09. The molecule has 0 aromatic carbocycles. The van der Waals surface area contributed by atoms with Crippen LogP contribution in [0.4, 0.5) is 0 Å². The van der Waals surface area contributed by atoms with E-state index in [-0.39, 0.29) is 5.54 Å². The van der Waals surface area contributed by atoms with Gasteiger partial charge in [0.25, 0.3) is 0 Å². The molecule has 1 fully saturated rings. The van der Waals surface area contributed by atoms with Crippen molar-refractivity contribution in [1.82, 2.24) is 4.90 Å². The highest BCUT2D eigenvalue weighted by molar-refractivity contribution is 5.89. The highest BCUT2D eigenvalue weighted by Gasteiger charge is 2.37. The molecule has 0 bridgehead atoms. The van der Waals surface area contributed by atoms with E-state index in [0.29, 0.717) is 12.2 Å². The molecule has 1 aliphatic heterocycles. The molecule has 0 spiro atoms. The topological polar surface area (TPSA) is 20.3 Å². The van der Waals surface area contributed by atoms with E-state index >= 15 is 0 Å². The second-order valence-electron chi connectivity index (χ2n) is 4.88. The molecule has 0 N–H and O–H groups in total. The molecule has 1 heterocycles. The molecule has 15 heavy (non-hydrogen) atoms. The van der Waals surface area contributed by atoms with E-state index in [1.807, 2.05) is 6.92 Å². The van der Waals surface area contributed by atoms with Crippen molar-refractivity contribution in [2.75, 3.05) is 13.1 Å². The van der Waals surface area contributed by atoms with Gasteiger partial charge in [-0.05, 0) is 46.2 Å². The van der Waals surface area contributed by atoms with Gasteiger partial charge >= 0.3 is 0 Å². The molecule has 0 amide bonds. The van der Waals surface area contributed by atoms with Gasteiger partial charge in [-0.2, -0.15) is 0 Å². The molecule has 0 aliphatic carbocycles. The van der Waals surface area contributed by atoms with Gasteiger partial charge in [-0.15, -0.1) is 0 Å². The average molecular weight is 209 g/mol. The van der Waals surface area contributed by atoms with Crippen molar-refractivity contribution in [2.45, 2.75) is 52.0 Å². The molecule has 1 saturated heterocycles. The molecule has 1 atom stereocenters. The van der Waals surface area contributed by atoms with Crippen molar-refractivity contribution in [3.63, 3.8) is 0 Å². The average Bonchev–Trinajstić information content (AvgIpc) is 2.68. The van der Waals surface area contributed by atoms with Crippen LogP contribution in [0.1, 0.15) is 46.5 Å². The lowest BCUT2D eigenvalue weighted by Gasteiger charge is -2.36. The fraction of sp³-hybridized carbons (Fsp3) is 0.769. The Morgan fingerprint density at radius 3 is 2.33 bits per heavy atom. The van der Waals surface area contributed by atoms with Crippen LogP contribution in [0, 0.1) is 0 Å². The Labute approximate surface area is 93.3 Å². The number of nitrogens with zero attached hydrogens (tertiary/aromatic N) is 1. The Bertz CT molecular complexity index is 253. The molecular weight excluding hydrogens is 186 g/mol. The highest BCUT2D eigenvalue weighted by atomic mass is 16.1. The monoisotopic (exact) mass is 209 g/mol. The molecule has 86 valence electrons. The fourth-order valence-corrected chi connectivity index (χ4v) is 2.27. The first-order chi connectivity index (χ1) is 7.00. The number of hydrogen-bond donors (Lipinski definition) is 0. The van der Waals surface area contributed by atoms with Crippen molar-refractivity contribution in [2.24, 2.45) is 0 Å². The third-order valence-corrected chi connectivity index (χ3v) is 3.56. The van der Waals surface area contributed by atoms with Crippen LogP contribution in [0.3, 0.4) is 0 Å². The van der Waals surface area contributed by atoms with Crippen LogP contribution in [0.25, 0.3) is 0 Å². The lowest BCUT2D eigenvalue weighted by molar-refractivity contribution is -0.129. The second kappa shape index (κ2) is 4.93. The Hall–Kier alpha value is -0.630.